The zero-order valence-electron chi connectivity index (χ0n) is 9.33. The van der Waals surface area contributed by atoms with E-state index in [2.05, 4.69) is 4.98 Å². The second-order valence-corrected chi connectivity index (χ2v) is 3.66. The summed E-state index contributed by atoms with van der Waals surface area (Å²) in [5.41, 5.74) is 6.61. The van der Waals surface area contributed by atoms with E-state index in [-0.39, 0.29) is 19.0 Å². The number of nitrogen functional groups attached to an aromatic ring is 1. The third-order valence-electron chi connectivity index (χ3n) is 2.20. The SMILES string of the molecule is Cc1cc(N(CCO)CC(F)(F)F)ncc1N. The summed E-state index contributed by atoms with van der Waals surface area (Å²) in [6.45, 7) is 0.0339. The number of pyridine rings is 1. The lowest BCUT2D eigenvalue weighted by molar-refractivity contribution is -0.120. The molecule has 0 atom stereocenters. The van der Waals surface area contributed by atoms with Crippen molar-refractivity contribution in [2.24, 2.45) is 0 Å². The number of aromatic nitrogens is 1. The minimum absolute atomic E-state index is 0.129. The molecular formula is C10H14F3N3O. The summed E-state index contributed by atoms with van der Waals surface area (Å²) < 4.78 is 37.0. The Labute approximate surface area is 96.9 Å². The van der Waals surface area contributed by atoms with Crippen molar-refractivity contribution in [2.75, 3.05) is 30.3 Å². The molecule has 0 aliphatic rings. The van der Waals surface area contributed by atoms with E-state index in [4.69, 9.17) is 10.8 Å². The van der Waals surface area contributed by atoms with Gasteiger partial charge in [-0.25, -0.2) is 4.98 Å². The Hall–Kier alpha value is -1.50. The summed E-state index contributed by atoms with van der Waals surface area (Å²) in [4.78, 5) is 4.80. The Morgan fingerprint density at radius 2 is 2.12 bits per heavy atom. The molecule has 0 aliphatic heterocycles. The first-order valence-electron chi connectivity index (χ1n) is 4.98. The minimum atomic E-state index is -4.34. The van der Waals surface area contributed by atoms with Crippen LogP contribution in [0.2, 0.25) is 0 Å². The standard InChI is InChI=1S/C10H14F3N3O/c1-7-4-9(15-5-8(7)14)16(2-3-17)6-10(11,12)13/h4-5,17H,2-3,6,14H2,1H3. The average molecular weight is 249 g/mol. The smallest absolute Gasteiger partial charge is 0.397 e. The Morgan fingerprint density at radius 1 is 1.47 bits per heavy atom. The van der Waals surface area contributed by atoms with E-state index in [1.807, 2.05) is 0 Å². The summed E-state index contributed by atoms with van der Waals surface area (Å²) >= 11 is 0. The molecule has 0 fully saturated rings. The third kappa shape index (κ3) is 4.10. The van der Waals surface area contributed by atoms with Crippen LogP contribution in [0.4, 0.5) is 24.7 Å². The van der Waals surface area contributed by atoms with Crippen LogP contribution in [0.25, 0.3) is 0 Å². The third-order valence-corrected chi connectivity index (χ3v) is 2.20. The van der Waals surface area contributed by atoms with Crippen molar-refractivity contribution < 1.29 is 18.3 Å². The fourth-order valence-electron chi connectivity index (χ4n) is 1.34. The molecular weight excluding hydrogens is 235 g/mol. The Morgan fingerprint density at radius 3 is 2.59 bits per heavy atom. The van der Waals surface area contributed by atoms with Crippen LogP contribution in [-0.4, -0.2) is 36.0 Å². The molecule has 0 amide bonds. The molecule has 0 aromatic carbocycles. The molecule has 7 heteroatoms. The van der Waals surface area contributed by atoms with Crippen molar-refractivity contribution in [1.82, 2.24) is 4.98 Å². The molecule has 1 aromatic heterocycles. The highest BCUT2D eigenvalue weighted by Gasteiger charge is 2.31. The van der Waals surface area contributed by atoms with Crippen LogP contribution in [0.1, 0.15) is 5.56 Å². The van der Waals surface area contributed by atoms with Crippen LogP contribution in [-0.2, 0) is 0 Å². The number of hydrogen-bond acceptors (Lipinski definition) is 4. The number of aliphatic hydroxyl groups is 1. The lowest BCUT2D eigenvalue weighted by Gasteiger charge is -2.24. The van der Waals surface area contributed by atoms with Gasteiger partial charge >= 0.3 is 6.18 Å². The lowest BCUT2D eigenvalue weighted by atomic mass is 10.2. The molecule has 3 N–H and O–H groups in total. The lowest BCUT2D eigenvalue weighted by Crippen LogP contribution is -2.36. The quantitative estimate of drug-likeness (QED) is 0.845. The van der Waals surface area contributed by atoms with E-state index >= 15 is 0 Å². The Kier molecular flexibility index (Phi) is 4.17. The molecule has 0 aliphatic carbocycles. The fourth-order valence-corrected chi connectivity index (χ4v) is 1.34. The van der Waals surface area contributed by atoms with E-state index in [0.717, 1.165) is 4.90 Å². The van der Waals surface area contributed by atoms with Gasteiger partial charge in [0.1, 0.15) is 12.4 Å². The van der Waals surface area contributed by atoms with Crippen LogP contribution in [0.15, 0.2) is 12.3 Å². The number of hydrogen-bond donors (Lipinski definition) is 2. The summed E-state index contributed by atoms with van der Waals surface area (Å²) in [6.07, 6.45) is -3.03. The number of aliphatic hydroxyl groups excluding tert-OH is 1. The van der Waals surface area contributed by atoms with Crippen LogP contribution < -0.4 is 10.6 Å². The second kappa shape index (κ2) is 5.22. The van der Waals surface area contributed by atoms with Crippen LogP contribution in [0.5, 0.6) is 0 Å². The topological polar surface area (TPSA) is 62.4 Å². The molecule has 4 nitrogen and oxygen atoms in total. The number of nitrogens with zero attached hydrogens (tertiary/aromatic N) is 2. The summed E-state index contributed by atoms with van der Waals surface area (Å²) in [5, 5.41) is 8.76. The first-order valence-corrected chi connectivity index (χ1v) is 4.98. The van der Waals surface area contributed by atoms with Crippen molar-refractivity contribution >= 4 is 11.5 Å². The summed E-state index contributed by atoms with van der Waals surface area (Å²) in [6, 6.07) is 1.47. The maximum Gasteiger partial charge on any atom is 0.405 e. The highest BCUT2D eigenvalue weighted by molar-refractivity contribution is 5.52. The number of halogens is 3. The molecule has 0 radical (unpaired) electrons. The number of anilines is 2. The fraction of sp³-hybridized carbons (Fsp3) is 0.500. The van der Waals surface area contributed by atoms with Crippen molar-refractivity contribution in [2.45, 2.75) is 13.1 Å². The van der Waals surface area contributed by atoms with Gasteiger partial charge in [-0.15, -0.1) is 0 Å². The summed E-state index contributed by atoms with van der Waals surface area (Å²) in [5.74, 6) is 0.156. The van der Waals surface area contributed by atoms with Gasteiger partial charge in [0, 0.05) is 6.54 Å². The van der Waals surface area contributed by atoms with Gasteiger partial charge in [-0.3, -0.25) is 0 Å². The van der Waals surface area contributed by atoms with Gasteiger partial charge in [-0.1, -0.05) is 0 Å². The highest BCUT2D eigenvalue weighted by atomic mass is 19.4. The largest absolute Gasteiger partial charge is 0.405 e. The second-order valence-electron chi connectivity index (χ2n) is 3.66. The van der Waals surface area contributed by atoms with Crippen LogP contribution in [0, 0.1) is 6.92 Å². The molecule has 1 aromatic rings. The highest BCUT2D eigenvalue weighted by Crippen LogP contribution is 2.22. The molecule has 17 heavy (non-hydrogen) atoms. The first-order chi connectivity index (χ1) is 7.83. The maximum atomic E-state index is 12.3. The predicted octanol–water partition coefficient (Wildman–Crippen LogP) is 1.33. The van der Waals surface area contributed by atoms with Crippen molar-refractivity contribution in [3.63, 3.8) is 0 Å². The van der Waals surface area contributed by atoms with Gasteiger partial charge in [0.05, 0.1) is 18.5 Å². The molecule has 0 saturated heterocycles. The van der Waals surface area contributed by atoms with E-state index < -0.39 is 12.7 Å². The number of alkyl halides is 3. The van der Waals surface area contributed by atoms with E-state index in [9.17, 15) is 13.2 Å². The molecule has 0 spiro atoms. The summed E-state index contributed by atoms with van der Waals surface area (Å²) in [7, 11) is 0. The molecule has 96 valence electrons. The Balaban J connectivity index is 2.93. The monoisotopic (exact) mass is 249 g/mol. The van der Waals surface area contributed by atoms with E-state index in [1.165, 1.54) is 12.3 Å². The van der Waals surface area contributed by atoms with Crippen LogP contribution in [0.3, 0.4) is 0 Å². The van der Waals surface area contributed by atoms with Crippen molar-refractivity contribution in [3.8, 4) is 0 Å². The van der Waals surface area contributed by atoms with Gasteiger partial charge in [0.2, 0.25) is 0 Å². The Bertz CT molecular complexity index is 382. The number of aryl methyl sites for hydroxylation is 1. The van der Waals surface area contributed by atoms with Crippen molar-refractivity contribution in [1.29, 1.82) is 0 Å². The normalized spacial score (nSPS) is 11.6. The molecule has 1 rings (SSSR count). The van der Waals surface area contributed by atoms with Gasteiger partial charge in [-0.2, -0.15) is 13.2 Å². The van der Waals surface area contributed by atoms with Crippen molar-refractivity contribution in [3.05, 3.63) is 17.8 Å². The zero-order valence-corrected chi connectivity index (χ0v) is 9.33. The number of rotatable bonds is 4. The molecule has 0 saturated carbocycles. The zero-order chi connectivity index (χ0) is 13.1. The first kappa shape index (κ1) is 13.6. The van der Waals surface area contributed by atoms with Gasteiger partial charge < -0.3 is 15.7 Å². The maximum absolute atomic E-state index is 12.3. The van der Waals surface area contributed by atoms with E-state index in [0.29, 0.717) is 11.3 Å². The van der Waals surface area contributed by atoms with Crippen LogP contribution >= 0.6 is 0 Å². The minimum Gasteiger partial charge on any atom is -0.397 e. The molecule has 0 bridgehead atoms. The number of nitrogens with two attached hydrogens (primary N) is 1. The average Bonchev–Trinajstić information content (AvgIpc) is 2.19. The van der Waals surface area contributed by atoms with Gasteiger partial charge in [0.15, 0.2) is 0 Å². The molecule has 1 heterocycles. The predicted molar refractivity (Wildman–Crippen MR) is 58.7 cm³/mol. The van der Waals surface area contributed by atoms with Gasteiger partial charge in [0.25, 0.3) is 0 Å². The van der Waals surface area contributed by atoms with Gasteiger partial charge in [-0.05, 0) is 18.6 Å². The van der Waals surface area contributed by atoms with E-state index in [1.54, 1.807) is 6.92 Å². The molecule has 0 unspecified atom stereocenters.